The predicted molar refractivity (Wildman–Crippen MR) is 293 cm³/mol. The number of carbonyl (C=O) groups excluding carboxylic acids is 2. The number of aryl methyl sites for hydroxylation is 2. The molecule has 4 unspecified atom stereocenters. The summed E-state index contributed by atoms with van der Waals surface area (Å²) in [6.45, 7) is 20.0. The van der Waals surface area contributed by atoms with Crippen molar-refractivity contribution in [3.05, 3.63) is 265 Å². The maximum atomic E-state index is 13.0. The van der Waals surface area contributed by atoms with Gasteiger partial charge in [-0.3, -0.25) is 29.4 Å². The first-order valence-electron chi connectivity index (χ1n) is 22.3. The Bertz CT molecular complexity index is 4360. The second-order valence-electron chi connectivity index (χ2n) is 14.9. The van der Waals surface area contributed by atoms with Crippen molar-refractivity contribution in [3.63, 3.8) is 0 Å². The number of carbonyl (C=O) groups is 2. The molecule has 2 aromatic carbocycles. The number of fused-ring (bicyclic) bond motifs is 6. The number of rotatable bonds is 4. The fraction of sp³-hybridized carbons (Fsp3) is 0.113. The van der Waals surface area contributed by atoms with Gasteiger partial charge in [-0.25, -0.2) is 9.97 Å². The van der Waals surface area contributed by atoms with Crippen LogP contribution in [0, 0.1) is 48.8 Å². The summed E-state index contributed by atoms with van der Waals surface area (Å²) >= 11 is 2.40. The minimum absolute atomic E-state index is 0. The molecule has 6 heterocycles. The Morgan fingerprint density at radius 3 is 1.22 bits per heavy atom. The number of aromatic nitrogens is 2. The van der Waals surface area contributed by atoms with E-state index in [1.165, 1.54) is 23.0 Å². The Morgan fingerprint density at radius 1 is 0.554 bits per heavy atom. The molecule has 0 spiro atoms. The van der Waals surface area contributed by atoms with Crippen molar-refractivity contribution in [2.75, 3.05) is 9.80 Å². The number of anilines is 2. The summed E-state index contributed by atoms with van der Waals surface area (Å²) in [6.07, 6.45) is 5.57. The Balaban J connectivity index is 0.000000316. The summed E-state index contributed by atoms with van der Waals surface area (Å²) in [7, 11) is -5.87. The van der Waals surface area contributed by atoms with Crippen molar-refractivity contribution in [3.8, 4) is 11.8 Å². The number of amides is 2. The largest absolute Gasteiger partial charge is 2.00 e. The topological polar surface area (TPSA) is 206 Å². The molecule has 0 bridgehead atoms. The van der Waals surface area contributed by atoms with Crippen LogP contribution in [0.5, 0.6) is 5.75 Å². The predicted octanol–water partition coefficient (Wildman–Crippen LogP) is 10.8. The van der Waals surface area contributed by atoms with Gasteiger partial charge in [-0.05, 0) is 149 Å². The number of thioether (sulfide) groups is 2. The van der Waals surface area contributed by atoms with Crippen molar-refractivity contribution in [2.45, 2.75) is 52.0 Å². The standard InChI is InChI=1S/C26H4.C17H12F3N3O4S2.C17H12N4OS.2CN.Zn/c1-3-5-7-9-11-13-15-17-19-21-23-25-26-24-22-20-18-16-14-12-10-8-6-4-2;1-9-2-4-10(5-3-9)23-8-22-13-12-11(27-29(25,26)17(18,19)20)6-7-21-15(12)28-14(13)16(23)24;1-10-2-4-12(5-3-10)21-9-20-14-13-11(8-18)6-7-19-16(13)23-15(14)17(21)22;2*1-2;/h1-2H2;2-8,13-14H,1H3;2-7,9,14-15H,1H3;;;/q;;;2*-1;+2. The molecule has 0 saturated heterocycles. The zero-order valence-corrected chi connectivity index (χ0v) is 48.4. The molecule has 0 N–H and O–H groups in total. The number of pyridine rings is 2. The fourth-order valence-electron chi connectivity index (χ4n) is 6.50. The van der Waals surface area contributed by atoms with Crippen LogP contribution in [-0.4, -0.2) is 58.9 Å². The van der Waals surface area contributed by atoms with Gasteiger partial charge in [0.1, 0.15) is 32.6 Å². The maximum Gasteiger partial charge on any atom is 2.00 e. The molecule has 4 aliphatic rings. The zero-order chi connectivity index (χ0) is 59.9. The van der Waals surface area contributed by atoms with Crippen LogP contribution in [0.2, 0.25) is 0 Å². The van der Waals surface area contributed by atoms with Gasteiger partial charge in [0.2, 0.25) is 11.8 Å². The van der Waals surface area contributed by atoms with Crippen LogP contribution < -0.4 is 14.0 Å². The Morgan fingerprint density at radius 2 is 0.880 bits per heavy atom. The molecule has 0 aliphatic carbocycles. The van der Waals surface area contributed by atoms with Crippen LogP contribution in [0.1, 0.15) is 39.9 Å². The van der Waals surface area contributed by atoms with Crippen LogP contribution in [0.15, 0.2) is 244 Å². The Kier molecular flexibility index (Phi) is 27.0. The number of hydrogen-bond acceptors (Lipinski definition) is 14. The normalized spacial score (nSPS) is 14.7. The first-order valence-corrected chi connectivity index (χ1v) is 25.4. The van der Waals surface area contributed by atoms with E-state index in [-0.39, 0.29) is 53.2 Å². The maximum absolute atomic E-state index is 13.0. The van der Waals surface area contributed by atoms with Crippen LogP contribution in [0.4, 0.5) is 24.5 Å². The molecule has 2 amide bonds. The summed E-state index contributed by atoms with van der Waals surface area (Å²) in [5.74, 6) is -0.914. The number of nitrogens with zero attached hydrogens (tertiary/aromatic N) is 9. The molecular formula is C62H28F3N9O5S3Zn. The monoisotopic (exact) mass is 1200 g/mol. The van der Waals surface area contributed by atoms with Crippen LogP contribution in [0.3, 0.4) is 0 Å². The van der Waals surface area contributed by atoms with Crippen molar-refractivity contribution in [1.82, 2.24) is 9.97 Å². The third-order valence-corrected chi connectivity index (χ3v) is 13.4. The van der Waals surface area contributed by atoms with E-state index >= 15 is 0 Å². The number of aliphatic imine (C=N–C) groups is 2. The molecule has 8 rings (SSSR count). The van der Waals surface area contributed by atoms with E-state index < -0.39 is 32.7 Å². The minimum Gasteiger partial charge on any atom is -0.512 e. The van der Waals surface area contributed by atoms with Gasteiger partial charge in [0, 0.05) is 69.8 Å². The van der Waals surface area contributed by atoms with Crippen molar-refractivity contribution < 1.29 is 54.8 Å². The third kappa shape index (κ3) is 18.7. The van der Waals surface area contributed by atoms with Crippen molar-refractivity contribution in [1.29, 1.82) is 15.8 Å². The van der Waals surface area contributed by atoms with Crippen molar-refractivity contribution >= 4 is 69.5 Å². The van der Waals surface area contributed by atoms with Gasteiger partial charge in [0.25, 0.3) is 0 Å². The van der Waals surface area contributed by atoms with Crippen LogP contribution >= 0.6 is 23.5 Å². The summed E-state index contributed by atoms with van der Waals surface area (Å²) in [4.78, 5) is 45.9. The van der Waals surface area contributed by atoms with E-state index in [4.69, 9.17) is 23.7 Å². The minimum atomic E-state index is -5.87. The van der Waals surface area contributed by atoms with E-state index in [1.807, 2.05) is 50.2 Å². The molecule has 0 saturated carbocycles. The van der Waals surface area contributed by atoms with E-state index in [2.05, 4.69) is 181 Å². The smallest absolute Gasteiger partial charge is 0.512 e. The molecule has 83 heavy (non-hydrogen) atoms. The third-order valence-electron chi connectivity index (χ3n) is 9.87. The molecule has 4 aliphatic heterocycles. The number of halogens is 3. The van der Waals surface area contributed by atoms with E-state index in [0.717, 1.165) is 51.4 Å². The molecule has 4 aromatic rings. The second kappa shape index (κ2) is 34.0. The summed E-state index contributed by atoms with van der Waals surface area (Å²) < 4.78 is 65.3. The number of hydrogen-bond donors (Lipinski definition) is 0. The van der Waals surface area contributed by atoms with Gasteiger partial charge in [-0.15, -0.1) is 0 Å². The van der Waals surface area contributed by atoms with Gasteiger partial charge in [-0.2, -0.15) is 26.9 Å². The SMILES string of the molecule is C=C=C=C=C=C=C=C=C=C=C=C=C=C=C=C=C=C=C=C=C=C=C=C=C=C.Cc1ccc(N2C=NC3c4c(C#N)ccnc4SC3C2=O)cc1.Cc1ccc(N2C=NC3c4c(OS(=O)(=O)C(F)(F)F)ccnc4SC3C2=O)cc1.[C-]#N.[C-]#N.[Zn+2]. The van der Waals surface area contributed by atoms with Gasteiger partial charge < -0.3 is 27.9 Å². The molecule has 14 nitrogen and oxygen atoms in total. The average molecular weight is 1200 g/mol. The van der Waals surface area contributed by atoms with Crippen LogP contribution in [-0.2, 0) is 39.2 Å². The molecular weight excluding hydrogens is 1170 g/mol. The average Bonchev–Trinajstić information content (AvgIpc) is 4.31. The fourth-order valence-corrected chi connectivity index (χ4v) is 9.50. The number of nitriles is 1. The summed E-state index contributed by atoms with van der Waals surface area (Å²) in [5.41, 5.74) is 58.7. The Labute approximate surface area is 495 Å². The van der Waals surface area contributed by atoms with Gasteiger partial charge in [-0.1, -0.05) is 70.4 Å². The Hall–Kier alpha value is -11.2. The van der Waals surface area contributed by atoms with E-state index in [1.54, 1.807) is 35.6 Å². The summed E-state index contributed by atoms with van der Waals surface area (Å²) in [5, 5.41) is 21.5. The van der Waals surface area contributed by atoms with Gasteiger partial charge in [0.15, 0.2) is 5.75 Å². The summed E-state index contributed by atoms with van der Waals surface area (Å²) in [6, 6.07) is 18.5. The first kappa shape index (κ1) is 66.1. The first-order chi connectivity index (χ1) is 39.7. The molecule has 4 atom stereocenters. The molecule has 0 fully saturated rings. The van der Waals surface area contributed by atoms with Crippen LogP contribution in [0.25, 0.3) is 0 Å². The second-order valence-corrected chi connectivity index (χ2v) is 18.7. The van der Waals surface area contributed by atoms with E-state index in [0.29, 0.717) is 11.3 Å². The van der Waals surface area contributed by atoms with Gasteiger partial charge >= 0.3 is 35.1 Å². The molecule has 0 radical (unpaired) electrons. The number of benzene rings is 2. The van der Waals surface area contributed by atoms with Crippen molar-refractivity contribution in [2.24, 2.45) is 9.98 Å². The zero-order valence-electron chi connectivity index (χ0n) is 42.9. The van der Waals surface area contributed by atoms with E-state index in [9.17, 15) is 36.4 Å². The van der Waals surface area contributed by atoms with Gasteiger partial charge in [0.05, 0.1) is 29.9 Å². The quantitative estimate of drug-likeness (QED) is 0.0615. The molecule has 392 valence electrons. The number of alkyl halides is 3. The molecule has 21 heteroatoms. The molecule has 2 aromatic heterocycles.